The minimum absolute atomic E-state index is 0.592. The van der Waals surface area contributed by atoms with Gasteiger partial charge >= 0.3 is 0 Å². The lowest BCUT2D eigenvalue weighted by atomic mass is 9.92. The van der Waals surface area contributed by atoms with Crippen molar-refractivity contribution in [3.05, 3.63) is 88.5 Å². The summed E-state index contributed by atoms with van der Waals surface area (Å²) in [6, 6.07) is 23.7. The Hall–Kier alpha value is -1.91. The van der Waals surface area contributed by atoms with Crippen LogP contribution in [0, 0.1) is 0 Å². The molecular weight excluding hydrogens is 427 g/mol. The van der Waals surface area contributed by atoms with E-state index >= 15 is 0 Å². The molecule has 0 aliphatic rings. The van der Waals surface area contributed by atoms with Crippen LogP contribution in [0.15, 0.2) is 60.7 Å². The zero-order valence-corrected chi connectivity index (χ0v) is 23.2. The second-order valence-corrected chi connectivity index (χ2v) is 11.7. The van der Waals surface area contributed by atoms with Crippen molar-refractivity contribution in [2.75, 3.05) is 0 Å². The van der Waals surface area contributed by atoms with Crippen LogP contribution in [0.1, 0.15) is 94.5 Å². The van der Waals surface area contributed by atoms with E-state index < -0.39 is 7.92 Å². The molecule has 0 atom stereocenters. The Morgan fingerprint density at radius 2 is 0.853 bits per heavy atom. The summed E-state index contributed by atoms with van der Waals surface area (Å²) in [4.78, 5) is 0. The predicted molar refractivity (Wildman–Crippen MR) is 155 cm³/mol. The summed E-state index contributed by atoms with van der Waals surface area (Å²) in [5, 5.41) is 4.77. The Kier molecular flexibility index (Phi) is 10.9. The molecule has 0 radical (unpaired) electrons. The summed E-state index contributed by atoms with van der Waals surface area (Å²) >= 11 is 0. The summed E-state index contributed by atoms with van der Waals surface area (Å²) in [5.74, 6) is 0. The van der Waals surface area contributed by atoms with Gasteiger partial charge in [-0.15, -0.1) is 0 Å². The molecule has 0 aliphatic carbocycles. The Balaban J connectivity index is 2.35. The summed E-state index contributed by atoms with van der Waals surface area (Å²) in [6.45, 7) is 11.6. The number of aryl methyl sites for hydroxylation is 3. The average Bonchev–Trinajstić information content (AvgIpc) is 2.85. The molecule has 3 rings (SSSR count). The van der Waals surface area contributed by atoms with E-state index in [1.54, 1.807) is 43.7 Å². The quantitative estimate of drug-likeness (QED) is 0.220. The Labute approximate surface area is 211 Å². The van der Waals surface area contributed by atoms with Crippen LogP contribution in [0.3, 0.4) is 0 Å². The van der Waals surface area contributed by atoms with Gasteiger partial charge in [0.2, 0.25) is 0 Å². The first-order chi connectivity index (χ1) is 16.7. The van der Waals surface area contributed by atoms with E-state index in [0.29, 0.717) is 0 Å². The number of hydrogen-bond donors (Lipinski definition) is 0. The van der Waals surface area contributed by atoms with E-state index in [2.05, 4.69) is 95.3 Å². The Bertz CT molecular complexity index is 983. The normalized spacial score (nSPS) is 11.4. The number of hydrogen-bond acceptors (Lipinski definition) is 0. The van der Waals surface area contributed by atoms with Gasteiger partial charge in [-0.3, -0.25) is 0 Å². The molecule has 0 amide bonds. The second kappa shape index (κ2) is 13.8. The molecule has 3 aromatic rings. The van der Waals surface area contributed by atoms with Gasteiger partial charge in [0.1, 0.15) is 0 Å². The third-order valence-corrected chi connectivity index (χ3v) is 9.50. The van der Waals surface area contributed by atoms with Gasteiger partial charge in [-0.05, 0) is 83.8 Å². The van der Waals surface area contributed by atoms with Crippen molar-refractivity contribution >= 4 is 23.8 Å². The predicted octanol–water partition coefficient (Wildman–Crippen LogP) is 8.21. The fraction of sp³-hybridized carbons (Fsp3) is 0.455. The largest absolute Gasteiger partial charge is 0.0651 e. The molecule has 0 N–H and O–H groups in total. The van der Waals surface area contributed by atoms with Crippen LogP contribution in [0.4, 0.5) is 0 Å². The van der Waals surface area contributed by atoms with Crippen LogP contribution in [-0.2, 0) is 32.1 Å². The third kappa shape index (κ3) is 6.20. The fourth-order valence-electron chi connectivity index (χ4n) is 5.34. The van der Waals surface area contributed by atoms with Gasteiger partial charge in [-0.25, -0.2) is 0 Å². The SMILES string of the molecule is CCCc1ccccc1P(c1ccccc1CCC)c1ccc(CCC)c(CCC)c1CCC. The van der Waals surface area contributed by atoms with E-state index in [1.165, 1.54) is 51.4 Å². The monoisotopic (exact) mass is 472 g/mol. The number of benzene rings is 3. The Morgan fingerprint density at radius 3 is 1.35 bits per heavy atom. The molecule has 0 spiro atoms. The van der Waals surface area contributed by atoms with Crippen LogP contribution < -0.4 is 15.9 Å². The van der Waals surface area contributed by atoms with Crippen molar-refractivity contribution in [2.24, 2.45) is 0 Å². The Morgan fingerprint density at radius 1 is 0.412 bits per heavy atom. The maximum absolute atomic E-state index is 2.53. The van der Waals surface area contributed by atoms with Crippen LogP contribution in [0.5, 0.6) is 0 Å². The van der Waals surface area contributed by atoms with Crippen LogP contribution >= 0.6 is 7.92 Å². The molecule has 0 nitrogen and oxygen atoms in total. The third-order valence-electron chi connectivity index (χ3n) is 6.77. The highest BCUT2D eigenvalue weighted by Crippen LogP contribution is 2.39. The van der Waals surface area contributed by atoms with Gasteiger partial charge < -0.3 is 0 Å². The smallest absolute Gasteiger partial charge is 0.0116 e. The van der Waals surface area contributed by atoms with Crippen molar-refractivity contribution in [3.8, 4) is 0 Å². The lowest BCUT2D eigenvalue weighted by molar-refractivity contribution is 0.829. The molecule has 0 unspecified atom stereocenters. The zero-order chi connectivity index (χ0) is 24.3. The fourth-order valence-corrected chi connectivity index (χ4v) is 8.28. The van der Waals surface area contributed by atoms with Gasteiger partial charge in [0, 0.05) is 0 Å². The first kappa shape index (κ1) is 26.7. The molecule has 0 heterocycles. The molecule has 1 heteroatoms. The molecular formula is C33H45P. The van der Waals surface area contributed by atoms with Crippen molar-refractivity contribution in [1.82, 2.24) is 0 Å². The molecule has 0 fully saturated rings. The topological polar surface area (TPSA) is 0 Å². The van der Waals surface area contributed by atoms with Crippen molar-refractivity contribution < 1.29 is 0 Å². The van der Waals surface area contributed by atoms with Gasteiger partial charge in [0.25, 0.3) is 0 Å². The van der Waals surface area contributed by atoms with Crippen LogP contribution in [-0.4, -0.2) is 0 Å². The lowest BCUT2D eigenvalue weighted by Crippen LogP contribution is -2.29. The number of rotatable bonds is 13. The van der Waals surface area contributed by atoms with Crippen molar-refractivity contribution in [3.63, 3.8) is 0 Å². The first-order valence-corrected chi connectivity index (χ1v) is 15.1. The second-order valence-electron chi connectivity index (χ2n) is 9.54. The molecule has 34 heavy (non-hydrogen) atoms. The summed E-state index contributed by atoms with van der Waals surface area (Å²) < 4.78 is 0. The van der Waals surface area contributed by atoms with E-state index in [0.717, 1.165) is 12.8 Å². The minimum atomic E-state index is -0.592. The average molecular weight is 473 g/mol. The van der Waals surface area contributed by atoms with E-state index in [1.807, 2.05) is 0 Å². The maximum atomic E-state index is 2.53. The molecule has 0 aromatic heterocycles. The summed E-state index contributed by atoms with van der Waals surface area (Å²) in [5.41, 5.74) is 8.01. The summed E-state index contributed by atoms with van der Waals surface area (Å²) in [6.07, 6.45) is 11.9. The van der Waals surface area contributed by atoms with Gasteiger partial charge in [0.15, 0.2) is 0 Å². The van der Waals surface area contributed by atoms with Crippen LogP contribution in [0.25, 0.3) is 0 Å². The molecule has 0 saturated heterocycles. The molecule has 0 bridgehead atoms. The molecule has 182 valence electrons. The lowest BCUT2D eigenvalue weighted by Gasteiger charge is -2.29. The van der Waals surface area contributed by atoms with Gasteiger partial charge in [-0.2, -0.15) is 0 Å². The van der Waals surface area contributed by atoms with Gasteiger partial charge in [0.05, 0.1) is 0 Å². The maximum Gasteiger partial charge on any atom is -0.0116 e. The minimum Gasteiger partial charge on any atom is -0.0651 e. The van der Waals surface area contributed by atoms with E-state index in [9.17, 15) is 0 Å². The molecule has 3 aromatic carbocycles. The summed E-state index contributed by atoms with van der Waals surface area (Å²) in [7, 11) is -0.592. The highest BCUT2D eigenvalue weighted by molar-refractivity contribution is 7.80. The van der Waals surface area contributed by atoms with E-state index in [4.69, 9.17) is 0 Å². The first-order valence-electron chi connectivity index (χ1n) is 13.8. The zero-order valence-electron chi connectivity index (χ0n) is 22.3. The molecule has 0 aliphatic heterocycles. The highest BCUT2D eigenvalue weighted by Gasteiger charge is 2.25. The standard InChI is InChI=1S/C33H45P/c1-6-15-26-24-25-33(30(19-10-5)29(26)18-9-4)34(31-22-13-11-20-27(31)16-7-2)32-23-14-12-21-28(32)17-8-3/h11-14,20-25H,6-10,15-19H2,1-5H3. The van der Waals surface area contributed by atoms with Crippen LogP contribution in [0.2, 0.25) is 0 Å². The van der Waals surface area contributed by atoms with Gasteiger partial charge in [-0.1, -0.05) is 127 Å². The van der Waals surface area contributed by atoms with Crippen molar-refractivity contribution in [1.29, 1.82) is 0 Å². The highest BCUT2D eigenvalue weighted by atomic mass is 31.1. The molecule has 0 saturated carbocycles. The van der Waals surface area contributed by atoms with Crippen molar-refractivity contribution in [2.45, 2.75) is 98.8 Å². The van der Waals surface area contributed by atoms with E-state index in [-0.39, 0.29) is 0 Å².